The normalized spacial score (nSPS) is 22.1. The van der Waals surface area contributed by atoms with Crippen LogP contribution in [0.2, 0.25) is 0 Å². The van der Waals surface area contributed by atoms with E-state index >= 15 is 0 Å². The molecule has 1 aromatic rings. The fraction of sp³-hybridized carbons (Fsp3) is 0.667. The summed E-state index contributed by atoms with van der Waals surface area (Å²) in [5.74, 6) is 1.96. The first kappa shape index (κ1) is 22.7. The fourth-order valence-corrected chi connectivity index (χ4v) is 5.34. The van der Waals surface area contributed by atoms with Crippen LogP contribution in [0.4, 0.5) is 0 Å². The lowest BCUT2D eigenvalue weighted by Crippen LogP contribution is -2.57. The molecule has 32 heavy (non-hydrogen) atoms. The maximum absolute atomic E-state index is 12.9. The molecule has 1 spiro atoms. The van der Waals surface area contributed by atoms with Crippen molar-refractivity contribution < 1.29 is 28.5 Å². The van der Waals surface area contributed by atoms with Gasteiger partial charge >= 0.3 is 5.97 Å². The van der Waals surface area contributed by atoms with Gasteiger partial charge in [0.15, 0.2) is 11.5 Å². The molecule has 0 aromatic heterocycles. The number of methoxy groups -OCH3 is 2. The van der Waals surface area contributed by atoms with Gasteiger partial charge in [0.1, 0.15) is 0 Å². The first-order chi connectivity index (χ1) is 15.4. The van der Waals surface area contributed by atoms with Crippen LogP contribution in [0, 0.1) is 11.8 Å². The Bertz CT molecular complexity index is 862. The number of carbonyl (C=O) groups excluding carboxylic acids is 2. The van der Waals surface area contributed by atoms with Crippen molar-refractivity contribution in [3.63, 3.8) is 0 Å². The molecule has 8 heteroatoms. The van der Waals surface area contributed by atoms with Gasteiger partial charge in [-0.2, -0.15) is 0 Å². The third kappa shape index (κ3) is 4.12. The summed E-state index contributed by atoms with van der Waals surface area (Å²) in [6, 6.07) is 3.99. The van der Waals surface area contributed by atoms with Crippen LogP contribution in [0.5, 0.6) is 17.2 Å². The molecular formula is C24H34N2O6. The monoisotopic (exact) mass is 446 g/mol. The number of fused-ring (bicyclic) bond motifs is 1. The summed E-state index contributed by atoms with van der Waals surface area (Å²) in [5, 5.41) is 0. The zero-order chi connectivity index (χ0) is 22.9. The van der Waals surface area contributed by atoms with Crippen LogP contribution in [-0.2, 0) is 20.9 Å². The summed E-state index contributed by atoms with van der Waals surface area (Å²) in [5.41, 5.74) is 0.646. The largest absolute Gasteiger partial charge is 0.493 e. The molecule has 4 rings (SSSR count). The summed E-state index contributed by atoms with van der Waals surface area (Å²) in [6.45, 7) is 7.57. The van der Waals surface area contributed by atoms with Crippen LogP contribution in [0.25, 0.3) is 0 Å². The number of benzene rings is 1. The van der Waals surface area contributed by atoms with Gasteiger partial charge in [-0.05, 0) is 42.9 Å². The van der Waals surface area contributed by atoms with Crippen LogP contribution in [0.15, 0.2) is 12.1 Å². The molecule has 0 radical (unpaired) electrons. The predicted octanol–water partition coefficient (Wildman–Crippen LogP) is 2.83. The molecule has 0 saturated carbocycles. The highest BCUT2D eigenvalue weighted by atomic mass is 16.7. The van der Waals surface area contributed by atoms with E-state index < -0.39 is 5.54 Å². The van der Waals surface area contributed by atoms with Crippen LogP contribution in [-0.4, -0.2) is 67.9 Å². The van der Waals surface area contributed by atoms with E-state index in [4.69, 9.17) is 18.9 Å². The third-order valence-electron chi connectivity index (χ3n) is 7.13. The number of rotatable bonds is 7. The van der Waals surface area contributed by atoms with Crippen molar-refractivity contribution in [1.82, 2.24) is 9.80 Å². The maximum Gasteiger partial charge on any atom is 0.311 e. The molecule has 0 aliphatic carbocycles. The zero-order valence-electron chi connectivity index (χ0n) is 19.5. The van der Waals surface area contributed by atoms with E-state index in [1.54, 1.807) is 7.11 Å². The lowest BCUT2D eigenvalue weighted by atomic mass is 9.76. The van der Waals surface area contributed by atoms with Gasteiger partial charge in [-0.15, -0.1) is 0 Å². The highest BCUT2D eigenvalue weighted by Gasteiger charge is 2.56. The number of ether oxygens (including phenoxy) is 4. The van der Waals surface area contributed by atoms with Crippen molar-refractivity contribution in [1.29, 1.82) is 0 Å². The molecule has 1 amide bonds. The Morgan fingerprint density at radius 2 is 1.97 bits per heavy atom. The smallest absolute Gasteiger partial charge is 0.311 e. The third-order valence-corrected chi connectivity index (χ3v) is 7.13. The highest BCUT2D eigenvalue weighted by molar-refractivity contribution is 5.89. The van der Waals surface area contributed by atoms with E-state index in [0.717, 1.165) is 44.5 Å². The van der Waals surface area contributed by atoms with Crippen molar-refractivity contribution in [3.05, 3.63) is 17.7 Å². The number of carbonyl (C=O) groups is 2. The zero-order valence-corrected chi connectivity index (χ0v) is 19.5. The van der Waals surface area contributed by atoms with Crippen molar-refractivity contribution in [2.45, 2.75) is 51.6 Å². The molecule has 0 bridgehead atoms. The van der Waals surface area contributed by atoms with Gasteiger partial charge in [0, 0.05) is 32.6 Å². The summed E-state index contributed by atoms with van der Waals surface area (Å²) in [4.78, 5) is 29.9. The molecule has 1 aromatic carbocycles. The maximum atomic E-state index is 12.9. The highest BCUT2D eigenvalue weighted by Crippen LogP contribution is 2.45. The van der Waals surface area contributed by atoms with Crippen LogP contribution < -0.4 is 14.2 Å². The second-order valence-electron chi connectivity index (χ2n) is 9.42. The second-order valence-corrected chi connectivity index (χ2v) is 9.42. The van der Waals surface area contributed by atoms with E-state index in [9.17, 15) is 9.59 Å². The molecule has 1 unspecified atom stereocenters. The number of nitrogens with zero attached hydrogens (tertiary/aromatic N) is 2. The summed E-state index contributed by atoms with van der Waals surface area (Å²) in [6.07, 6.45) is 2.71. The Kier molecular flexibility index (Phi) is 6.51. The number of esters is 1. The quantitative estimate of drug-likeness (QED) is 0.596. The van der Waals surface area contributed by atoms with Crippen molar-refractivity contribution in [2.75, 3.05) is 40.6 Å². The Morgan fingerprint density at radius 3 is 2.62 bits per heavy atom. The number of amides is 1. The Labute approximate surface area is 189 Å². The fourth-order valence-electron chi connectivity index (χ4n) is 5.34. The van der Waals surface area contributed by atoms with Crippen LogP contribution in [0.1, 0.15) is 45.1 Å². The molecule has 3 aliphatic heterocycles. The first-order valence-electron chi connectivity index (χ1n) is 11.4. The molecule has 3 heterocycles. The number of hydrogen-bond donors (Lipinski definition) is 0. The van der Waals surface area contributed by atoms with Gasteiger partial charge in [0.05, 0.1) is 25.7 Å². The Balaban J connectivity index is 1.49. The van der Waals surface area contributed by atoms with E-state index in [-0.39, 0.29) is 31.0 Å². The van der Waals surface area contributed by atoms with Gasteiger partial charge < -0.3 is 23.8 Å². The SMILES string of the molecule is COC(=O)C1CC(=O)N(CCC(C)C)C12CCN(Cc1cc(OC)c3c(c1)OCO3)CC2. The van der Waals surface area contributed by atoms with Gasteiger partial charge in [-0.3, -0.25) is 14.5 Å². The molecular weight excluding hydrogens is 412 g/mol. The molecule has 176 valence electrons. The molecule has 3 aliphatic rings. The molecule has 0 N–H and O–H groups in total. The van der Waals surface area contributed by atoms with E-state index in [2.05, 4.69) is 18.7 Å². The van der Waals surface area contributed by atoms with E-state index in [1.165, 1.54) is 7.11 Å². The minimum absolute atomic E-state index is 0.0787. The first-order valence-corrected chi connectivity index (χ1v) is 11.4. The average molecular weight is 447 g/mol. The lowest BCUT2D eigenvalue weighted by molar-refractivity contribution is -0.150. The topological polar surface area (TPSA) is 77.5 Å². The van der Waals surface area contributed by atoms with Gasteiger partial charge in [0.2, 0.25) is 18.4 Å². The van der Waals surface area contributed by atoms with Crippen molar-refractivity contribution in [2.24, 2.45) is 11.8 Å². The summed E-state index contributed by atoms with van der Waals surface area (Å²) >= 11 is 0. The number of hydrogen-bond acceptors (Lipinski definition) is 7. The van der Waals surface area contributed by atoms with E-state index in [1.807, 2.05) is 17.0 Å². The number of likely N-dealkylation sites (tertiary alicyclic amines) is 2. The lowest BCUT2D eigenvalue weighted by Gasteiger charge is -2.47. The van der Waals surface area contributed by atoms with Crippen LogP contribution >= 0.6 is 0 Å². The Hall–Kier alpha value is -2.48. The van der Waals surface area contributed by atoms with Crippen LogP contribution in [0.3, 0.4) is 0 Å². The predicted molar refractivity (Wildman–Crippen MR) is 118 cm³/mol. The van der Waals surface area contributed by atoms with Crippen molar-refractivity contribution >= 4 is 11.9 Å². The Morgan fingerprint density at radius 1 is 1.22 bits per heavy atom. The summed E-state index contributed by atoms with van der Waals surface area (Å²) < 4.78 is 21.6. The van der Waals surface area contributed by atoms with Gasteiger partial charge in [-0.25, -0.2) is 0 Å². The summed E-state index contributed by atoms with van der Waals surface area (Å²) in [7, 11) is 3.04. The standard InChI is InChI=1S/C24H34N2O6/c1-16(2)5-8-26-21(27)13-18(23(28)30-4)24(26)6-9-25(10-7-24)14-17-11-19(29-3)22-20(12-17)31-15-32-22/h11-12,16,18H,5-10,13-15H2,1-4H3. The molecule has 8 nitrogen and oxygen atoms in total. The minimum atomic E-state index is -0.442. The molecule has 2 fully saturated rings. The van der Waals surface area contributed by atoms with Crippen molar-refractivity contribution in [3.8, 4) is 17.2 Å². The molecule has 1 atom stereocenters. The average Bonchev–Trinajstić information content (AvgIpc) is 3.35. The molecule has 2 saturated heterocycles. The van der Waals surface area contributed by atoms with E-state index in [0.29, 0.717) is 29.7 Å². The number of piperidine rings is 1. The van der Waals surface area contributed by atoms with Gasteiger partial charge in [0.25, 0.3) is 0 Å². The minimum Gasteiger partial charge on any atom is -0.493 e. The second kappa shape index (κ2) is 9.17. The van der Waals surface area contributed by atoms with Gasteiger partial charge in [-0.1, -0.05) is 13.8 Å².